The van der Waals surface area contributed by atoms with E-state index in [0.717, 1.165) is 0 Å². The Balaban J connectivity index is 2.00. The Morgan fingerprint density at radius 2 is 1.93 bits per heavy atom. The molecule has 0 radical (unpaired) electrons. The molecule has 1 saturated carbocycles. The van der Waals surface area contributed by atoms with Crippen molar-refractivity contribution in [1.29, 1.82) is 0 Å². The SMILES string of the molecule is CCOC(=O)N1C=CC2(C=C1)CCCC2. The molecule has 1 fully saturated rings. The largest absolute Gasteiger partial charge is 0.449 e. The lowest BCUT2D eigenvalue weighted by Crippen LogP contribution is -2.26. The summed E-state index contributed by atoms with van der Waals surface area (Å²) in [5, 5.41) is 0. The Bertz CT molecular complexity index is 285. The monoisotopic (exact) mass is 207 g/mol. The van der Waals surface area contributed by atoms with Crippen LogP contribution < -0.4 is 0 Å². The number of hydrogen-bond donors (Lipinski definition) is 0. The van der Waals surface area contributed by atoms with E-state index in [-0.39, 0.29) is 11.5 Å². The van der Waals surface area contributed by atoms with E-state index >= 15 is 0 Å². The van der Waals surface area contributed by atoms with Crippen LogP contribution in [0.25, 0.3) is 0 Å². The van der Waals surface area contributed by atoms with Crippen molar-refractivity contribution in [2.24, 2.45) is 5.41 Å². The molecule has 0 unspecified atom stereocenters. The summed E-state index contributed by atoms with van der Waals surface area (Å²) >= 11 is 0. The smallest absolute Gasteiger partial charge is 0.417 e. The quantitative estimate of drug-likeness (QED) is 0.661. The predicted octanol–water partition coefficient (Wildman–Crippen LogP) is 3.05. The number of carbonyl (C=O) groups is 1. The third-order valence-electron chi connectivity index (χ3n) is 3.15. The van der Waals surface area contributed by atoms with Gasteiger partial charge in [-0.05, 0) is 19.8 Å². The van der Waals surface area contributed by atoms with Crippen molar-refractivity contribution in [2.75, 3.05) is 6.61 Å². The summed E-state index contributed by atoms with van der Waals surface area (Å²) < 4.78 is 4.92. The van der Waals surface area contributed by atoms with Crippen molar-refractivity contribution in [3.8, 4) is 0 Å². The van der Waals surface area contributed by atoms with Crippen molar-refractivity contribution < 1.29 is 9.53 Å². The van der Waals surface area contributed by atoms with Gasteiger partial charge in [-0.15, -0.1) is 0 Å². The van der Waals surface area contributed by atoms with E-state index in [1.165, 1.54) is 30.6 Å². The second kappa shape index (κ2) is 4.09. The van der Waals surface area contributed by atoms with Crippen molar-refractivity contribution in [3.63, 3.8) is 0 Å². The number of nitrogens with zero attached hydrogens (tertiary/aromatic N) is 1. The highest BCUT2D eigenvalue weighted by Crippen LogP contribution is 2.42. The van der Waals surface area contributed by atoms with Crippen molar-refractivity contribution in [1.82, 2.24) is 4.90 Å². The summed E-state index contributed by atoms with van der Waals surface area (Å²) in [5.74, 6) is 0. The lowest BCUT2D eigenvalue weighted by Gasteiger charge is -2.26. The van der Waals surface area contributed by atoms with Gasteiger partial charge in [0.1, 0.15) is 0 Å². The molecule has 0 N–H and O–H groups in total. The zero-order valence-corrected chi connectivity index (χ0v) is 9.11. The summed E-state index contributed by atoms with van der Waals surface area (Å²) in [7, 11) is 0. The standard InChI is InChI=1S/C12H17NO2/c1-2-15-11(14)13-9-7-12(8-10-13)5-3-4-6-12/h7-10H,2-6H2,1H3. The molecule has 0 aromatic rings. The third kappa shape index (κ3) is 2.06. The number of hydrogen-bond acceptors (Lipinski definition) is 2. The Labute approximate surface area is 90.4 Å². The minimum Gasteiger partial charge on any atom is -0.449 e. The van der Waals surface area contributed by atoms with Gasteiger partial charge in [-0.1, -0.05) is 25.0 Å². The average molecular weight is 207 g/mol. The van der Waals surface area contributed by atoms with Gasteiger partial charge in [-0.3, -0.25) is 4.90 Å². The summed E-state index contributed by atoms with van der Waals surface area (Å²) in [5.41, 5.74) is 0.225. The highest BCUT2D eigenvalue weighted by Gasteiger charge is 2.31. The predicted molar refractivity (Wildman–Crippen MR) is 58.0 cm³/mol. The van der Waals surface area contributed by atoms with Gasteiger partial charge in [0.05, 0.1) is 6.61 Å². The molecule has 1 heterocycles. The molecule has 1 spiro atoms. The van der Waals surface area contributed by atoms with E-state index in [9.17, 15) is 4.79 Å². The van der Waals surface area contributed by atoms with Gasteiger partial charge < -0.3 is 4.74 Å². The molecule has 0 saturated heterocycles. The van der Waals surface area contributed by atoms with E-state index in [0.29, 0.717) is 6.61 Å². The molecule has 2 rings (SSSR count). The van der Waals surface area contributed by atoms with Crippen molar-refractivity contribution in [3.05, 3.63) is 24.6 Å². The Kier molecular flexibility index (Phi) is 2.80. The Hall–Kier alpha value is -1.25. The summed E-state index contributed by atoms with van der Waals surface area (Å²) in [6, 6.07) is 0. The number of rotatable bonds is 1. The van der Waals surface area contributed by atoms with Crippen LogP contribution in [0.1, 0.15) is 32.6 Å². The molecule has 0 aromatic heterocycles. The van der Waals surface area contributed by atoms with Crippen molar-refractivity contribution in [2.45, 2.75) is 32.6 Å². The van der Waals surface area contributed by atoms with E-state index in [2.05, 4.69) is 12.2 Å². The van der Waals surface area contributed by atoms with Gasteiger partial charge in [-0.25, -0.2) is 4.79 Å². The van der Waals surface area contributed by atoms with Crippen LogP contribution in [0.4, 0.5) is 4.79 Å². The van der Waals surface area contributed by atoms with Crippen LogP contribution in [0.2, 0.25) is 0 Å². The van der Waals surface area contributed by atoms with Crippen LogP contribution in [-0.2, 0) is 4.74 Å². The second-order valence-electron chi connectivity index (χ2n) is 4.18. The van der Waals surface area contributed by atoms with Crippen LogP contribution in [0.5, 0.6) is 0 Å². The lowest BCUT2D eigenvalue weighted by atomic mass is 9.85. The zero-order valence-electron chi connectivity index (χ0n) is 9.11. The van der Waals surface area contributed by atoms with E-state index < -0.39 is 0 Å². The number of amides is 1. The molecule has 0 aromatic carbocycles. The molecule has 0 bridgehead atoms. The molecule has 2 aliphatic rings. The van der Waals surface area contributed by atoms with Crippen LogP contribution in [0.3, 0.4) is 0 Å². The van der Waals surface area contributed by atoms with E-state index in [4.69, 9.17) is 4.74 Å². The topological polar surface area (TPSA) is 29.5 Å². The zero-order chi connectivity index (χ0) is 10.7. The molecule has 1 aliphatic carbocycles. The molecule has 3 nitrogen and oxygen atoms in total. The Morgan fingerprint density at radius 3 is 2.47 bits per heavy atom. The Morgan fingerprint density at radius 1 is 1.33 bits per heavy atom. The number of ether oxygens (including phenoxy) is 1. The first kappa shape index (κ1) is 10.3. The molecular weight excluding hydrogens is 190 g/mol. The second-order valence-corrected chi connectivity index (χ2v) is 4.18. The fourth-order valence-corrected chi connectivity index (χ4v) is 2.25. The first-order valence-corrected chi connectivity index (χ1v) is 5.60. The van der Waals surface area contributed by atoms with Crippen LogP contribution in [-0.4, -0.2) is 17.6 Å². The fraction of sp³-hybridized carbons (Fsp3) is 0.583. The maximum Gasteiger partial charge on any atom is 0.417 e. The highest BCUT2D eigenvalue weighted by molar-refractivity contribution is 5.70. The first-order valence-electron chi connectivity index (χ1n) is 5.60. The summed E-state index contributed by atoms with van der Waals surface area (Å²) in [6.07, 6.45) is 12.6. The number of allylic oxidation sites excluding steroid dienone is 2. The lowest BCUT2D eigenvalue weighted by molar-refractivity contribution is 0.132. The van der Waals surface area contributed by atoms with E-state index in [1.54, 1.807) is 0 Å². The van der Waals surface area contributed by atoms with Crippen LogP contribution >= 0.6 is 0 Å². The van der Waals surface area contributed by atoms with Crippen LogP contribution in [0, 0.1) is 5.41 Å². The average Bonchev–Trinajstić information content (AvgIpc) is 2.68. The minimum absolute atomic E-state index is 0.225. The van der Waals surface area contributed by atoms with Crippen LogP contribution in [0.15, 0.2) is 24.6 Å². The highest BCUT2D eigenvalue weighted by atomic mass is 16.5. The van der Waals surface area contributed by atoms with Gasteiger partial charge in [-0.2, -0.15) is 0 Å². The third-order valence-corrected chi connectivity index (χ3v) is 3.15. The van der Waals surface area contributed by atoms with Gasteiger partial charge in [0.25, 0.3) is 0 Å². The maximum atomic E-state index is 11.4. The minimum atomic E-state index is -0.294. The van der Waals surface area contributed by atoms with Crippen molar-refractivity contribution >= 4 is 6.09 Å². The summed E-state index contributed by atoms with van der Waals surface area (Å²) in [6.45, 7) is 2.23. The number of carbonyl (C=O) groups excluding carboxylic acids is 1. The molecule has 15 heavy (non-hydrogen) atoms. The van der Waals surface area contributed by atoms with Gasteiger partial charge in [0, 0.05) is 17.8 Å². The molecule has 1 amide bonds. The summed E-state index contributed by atoms with van der Waals surface area (Å²) in [4.78, 5) is 12.9. The molecule has 82 valence electrons. The maximum absolute atomic E-state index is 11.4. The van der Waals surface area contributed by atoms with E-state index in [1.807, 2.05) is 19.3 Å². The molecule has 3 heteroatoms. The molecule has 0 atom stereocenters. The fourth-order valence-electron chi connectivity index (χ4n) is 2.25. The molecule has 1 aliphatic heterocycles. The van der Waals surface area contributed by atoms with Gasteiger partial charge in [0.15, 0.2) is 0 Å². The first-order chi connectivity index (χ1) is 7.26. The normalized spacial score (nSPS) is 22.3. The molecular formula is C12H17NO2. The van der Waals surface area contributed by atoms with Gasteiger partial charge >= 0.3 is 6.09 Å². The van der Waals surface area contributed by atoms with Gasteiger partial charge in [0.2, 0.25) is 0 Å².